The van der Waals surface area contributed by atoms with Gasteiger partial charge in [-0.2, -0.15) is 0 Å². The second kappa shape index (κ2) is 7.01. The first-order valence-corrected chi connectivity index (χ1v) is 8.68. The molecule has 0 N–H and O–H groups in total. The van der Waals surface area contributed by atoms with Crippen LogP contribution in [0.15, 0.2) is 10.2 Å². The highest BCUT2D eigenvalue weighted by molar-refractivity contribution is 14.1. The third-order valence-corrected chi connectivity index (χ3v) is 7.94. The first-order chi connectivity index (χ1) is 6.10. The van der Waals surface area contributed by atoms with Gasteiger partial charge in [0, 0.05) is 6.61 Å². The summed E-state index contributed by atoms with van der Waals surface area (Å²) in [7, 11) is -1.33. The van der Waals surface area contributed by atoms with Crippen molar-refractivity contribution < 1.29 is 4.43 Å². The summed E-state index contributed by atoms with van der Waals surface area (Å²) >= 11 is 2.27. The zero-order chi connectivity index (χ0) is 10.3. The third kappa shape index (κ3) is 5.17. The molecule has 0 saturated carbocycles. The molecule has 1 nitrogen and oxygen atoms in total. The summed E-state index contributed by atoms with van der Waals surface area (Å²) in [5, 5.41) is 0. The number of hydrogen-bond donors (Lipinski definition) is 0. The lowest BCUT2D eigenvalue weighted by molar-refractivity contribution is 0.306. The Morgan fingerprint density at radius 2 is 1.69 bits per heavy atom. The molecule has 0 aromatic rings. The molecule has 0 bridgehead atoms. The van der Waals surface area contributed by atoms with Gasteiger partial charge in [-0.05, 0) is 50.7 Å². The van der Waals surface area contributed by atoms with Crippen molar-refractivity contribution in [2.75, 3.05) is 6.61 Å². The van der Waals surface area contributed by atoms with Crippen LogP contribution in [0, 0.1) is 0 Å². The zero-order valence-corrected chi connectivity index (χ0v) is 12.2. The van der Waals surface area contributed by atoms with Gasteiger partial charge in [0.1, 0.15) is 0 Å². The average Bonchev–Trinajstić information content (AvgIpc) is 2.13. The van der Waals surface area contributed by atoms with Crippen LogP contribution in [0.4, 0.5) is 0 Å². The van der Waals surface area contributed by atoms with Crippen molar-refractivity contribution in [3.05, 3.63) is 10.2 Å². The van der Waals surface area contributed by atoms with Gasteiger partial charge < -0.3 is 4.43 Å². The SMILES string of the molecule is C=C(I)CCO[Si](CC)(CC)CC. The molecule has 78 valence electrons. The Morgan fingerprint density at radius 3 is 2.00 bits per heavy atom. The van der Waals surface area contributed by atoms with Crippen LogP contribution >= 0.6 is 22.6 Å². The molecule has 0 fully saturated rings. The average molecular weight is 312 g/mol. The van der Waals surface area contributed by atoms with E-state index < -0.39 is 8.32 Å². The predicted octanol–water partition coefficient (Wildman–Crippen LogP) is 4.35. The largest absolute Gasteiger partial charge is 0.416 e. The lowest BCUT2D eigenvalue weighted by Gasteiger charge is -2.27. The molecule has 0 radical (unpaired) electrons. The van der Waals surface area contributed by atoms with Crippen LogP contribution in [0.5, 0.6) is 0 Å². The Morgan fingerprint density at radius 1 is 1.23 bits per heavy atom. The maximum Gasteiger partial charge on any atom is 0.191 e. The standard InChI is InChI=1S/C10H21IOSi/c1-5-13(6-2,7-3)12-9-8-10(4)11/h4-9H2,1-3H3. The smallest absolute Gasteiger partial charge is 0.191 e. The molecular weight excluding hydrogens is 291 g/mol. The van der Waals surface area contributed by atoms with Crippen LogP contribution in [-0.4, -0.2) is 14.9 Å². The summed E-state index contributed by atoms with van der Waals surface area (Å²) in [5.74, 6) is 0. The van der Waals surface area contributed by atoms with Crippen LogP contribution in [-0.2, 0) is 4.43 Å². The maximum atomic E-state index is 6.06. The molecule has 0 aliphatic rings. The van der Waals surface area contributed by atoms with Crippen molar-refractivity contribution in [2.24, 2.45) is 0 Å². The molecule has 0 heterocycles. The molecule has 0 atom stereocenters. The Labute approximate surface area is 97.2 Å². The Kier molecular flexibility index (Phi) is 7.36. The van der Waals surface area contributed by atoms with Crippen molar-refractivity contribution in [1.82, 2.24) is 0 Å². The summed E-state index contributed by atoms with van der Waals surface area (Å²) in [6.07, 6.45) is 1.01. The number of hydrogen-bond acceptors (Lipinski definition) is 1. The summed E-state index contributed by atoms with van der Waals surface area (Å²) in [4.78, 5) is 0. The fourth-order valence-corrected chi connectivity index (χ4v) is 4.30. The molecule has 0 rings (SSSR count). The number of rotatable bonds is 7. The minimum atomic E-state index is -1.33. The second-order valence-corrected chi connectivity index (χ2v) is 9.66. The minimum Gasteiger partial charge on any atom is -0.416 e. The first kappa shape index (κ1) is 13.6. The molecule has 0 aliphatic heterocycles. The van der Waals surface area contributed by atoms with E-state index >= 15 is 0 Å². The molecule has 0 unspecified atom stereocenters. The van der Waals surface area contributed by atoms with Gasteiger partial charge in [0.2, 0.25) is 0 Å². The zero-order valence-electron chi connectivity index (χ0n) is 9.03. The van der Waals surface area contributed by atoms with Gasteiger partial charge >= 0.3 is 0 Å². The lowest BCUT2D eigenvalue weighted by Crippen LogP contribution is -2.36. The van der Waals surface area contributed by atoms with E-state index in [9.17, 15) is 0 Å². The summed E-state index contributed by atoms with van der Waals surface area (Å²) in [6, 6.07) is 3.73. The van der Waals surface area contributed by atoms with Crippen LogP contribution in [0.25, 0.3) is 0 Å². The molecule has 3 heteroatoms. The highest BCUT2D eigenvalue weighted by Gasteiger charge is 2.28. The molecule has 13 heavy (non-hydrogen) atoms. The third-order valence-electron chi connectivity index (χ3n) is 2.71. The fourth-order valence-electron chi connectivity index (χ4n) is 1.43. The first-order valence-electron chi connectivity index (χ1n) is 5.07. The Bertz CT molecular complexity index is 147. The topological polar surface area (TPSA) is 9.23 Å². The molecule has 0 saturated heterocycles. The van der Waals surface area contributed by atoms with E-state index in [2.05, 4.69) is 49.9 Å². The van der Waals surface area contributed by atoms with E-state index in [-0.39, 0.29) is 0 Å². The Balaban J connectivity index is 3.88. The number of halogens is 1. The van der Waals surface area contributed by atoms with E-state index in [1.165, 1.54) is 21.7 Å². The van der Waals surface area contributed by atoms with Crippen LogP contribution in [0.1, 0.15) is 27.2 Å². The summed E-state index contributed by atoms with van der Waals surface area (Å²) in [6.45, 7) is 11.5. The highest BCUT2D eigenvalue weighted by Crippen LogP contribution is 2.22. The molecule has 0 aliphatic carbocycles. The highest BCUT2D eigenvalue weighted by atomic mass is 127. The predicted molar refractivity (Wildman–Crippen MR) is 70.9 cm³/mol. The quantitative estimate of drug-likeness (QED) is 0.502. The van der Waals surface area contributed by atoms with E-state index in [0.29, 0.717) is 0 Å². The van der Waals surface area contributed by atoms with E-state index in [1.54, 1.807) is 0 Å². The van der Waals surface area contributed by atoms with Crippen molar-refractivity contribution in [3.8, 4) is 0 Å². The van der Waals surface area contributed by atoms with Crippen LogP contribution < -0.4 is 0 Å². The van der Waals surface area contributed by atoms with Crippen molar-refractivity contribution in [1.29, 1.82) is 0 Å². The van der Waals surface area contributed by atoms with Gasteiger partial charge in [0.25, 0.3) is 0 Å². The van der Waals surface area contributed by atoms with Crippen LogP contribution in [0.2, 0.25) is 18.1 Å². The second-order valence-electron chi connectivity index (χ2n) is 3.36. The normalized spacial score (nSPS) is 11.7. The van der Waals surface area contributed by atoms with Gasteiger partial charge in [0.15, 0.2) is 8.32 Å². The van der Waals surface area contributed by atoms with Gasteiger partial charge in [-0.15, -0.1) is 0 Å². The lowest BCUT2D eigenvalue weighted by atomic mass is 10.5. The van der Waals surface area contributed by atoms with Gasteiger partial charge in [-0.3, -0.25) is 0 Å². The van der Waals surface area contributed by atoms with Crippen molar-refractivity contribution in [2.45, 2.75) is 45.3 Å². The van der Waals surface area contributed by atoms with Gasteiger partial charge in [-0.1, -0.05) is 27.4 Å². The molecule has 0 aromatic heterocycles. The van der Waals surface area contributed by atoms with Gasteiger partial charge in [-0.25, -0.2) is 0 Å². The molecule has 0 aromatic carbocycles. The maximum absolute atomic E-state index is 6.06. The Hall–Kier alpha value is 0.647. The fraction of sp³-hybridized carbons (Fsp3) is 0.800. The van der Waals surface area contributed by atoms with E-state index in [0.717, 1.165) is 13.0 Å². The summed E-state index contributed by atoms with van der Waals surface area (Å²) in [5.41, 5.74) is 0. The van der Waals surface area contributed by atoms with Crippen molar-refractivity contribution in [3.63, 3.8) is 0 Å². The molecule has 0 spiro atoms. The molecular formula is C10H21IOSi. The molecule has 0 amide bonds. The summed E-state index contributed by atoms with van der Waals surface area (Å²) < 4.78 is 7.26. The monoisotopic (exact) mass is 312 g/mol. The van der Waals surface area contributed by atoms with E-state index in [1.807, 2.05) is 0 Å². The van der Waals surface area contributed by atoms with Gasteiger partial charge in [0.05, 0.1) is 0 Å². The van der Waals surface area contributed by atoms with E-state index in [4.69, 9.17) is 4.43 Å². The van der Waals surface area contributed by atoms with Crippen LogP contribution in [0.3, 0.4) is 0 Å². The minimum absolute atomic E-state index is 0.878. The van der Waals surface area contributed by atoms with Crippen molar-refractivity contribution >= 4 is 30.9 Å².